The Morgan fingerprint density at radius 3 is 2.77 bits per heavy atom. The fourth-order valence-corrected chi connectivity index (χ4v) is 1.98. The third-order valence-corrected chi connectivity index (χ3v) is 2.90. The number of rotatable bonds is 5. The predicted molar refractivity (Wildman–Crippen MR) is 55.9 cm³/mol. The van der Waals surface area contributed by atoms with Crippen LogP contribution in [0.25, 0.3) is 0 Å². The molecule has 1 rings (SSSR count). The lowest BCUT2D eigenvalue weighted by atomic mass is 10.2. The van der Waals surface area contributed by atoms with Crippen molar-refractivity contribution in [3.63, 3.8) is 0 Å². The molecule has 3 atom stereocenters. The predicted octanol–water partition coefficient (Wildman–Crippen LogP) is 2.33. The van der Waals surface area contributed by atoms with E-state index < -0.39 is 0 Å². The smallest absolute Gasteiger partial charge is 0.0731 e. The lowest BCUT2D eigenvalue weighted by Gasteiger charge is -2.24. The van der Waals surface area contributed by atoms with E-state index in [1.807, 2.05) is 0 Å². The lowest BCUT2D eigenvalue weighted by Crippen LogP contribution is -2.38. The van der Waals surface area contributed by atoms with Gasteiger partial charge in [-0.15, -0.1) is 0 Å². The minimum Gasteiger partial charge on any atom is -0.374 e. The highest BCUT2D eigenvalue weighted by Crippen LogP contribution is 2.23. The van der Waals surface area contributed by atoms with E-state index in [4.69, 9.17) is 4.74 Å². The van der Waals surface area contributed by atoms with E-state index >= 15 is 0 Å². The van der Waals surface area contributed by atoms with Crippen LogP contribution in [0.1, 0.15) is 46.5 Å². The molecule has 0 amide bonds. The molecule has 0 bridgehead atoms. The normalized spacial score (nSPS) is 30.7. The van der Waals surface area contributed by atoms with Crippen LogP contribution in [0.15, 0.2) is 0 Å². The molecule has 0 aromatic carbocycles. The van der Waals surface area contributed by atoms with Gasteiger partial charge in [0.25, 0.3) is 0 Å². The zero-order valence-electron chi connectivity index (χ0n) is 9.18. The zero-order chi connectivity index (χ0) is 9.68. The summed E-state index contributed by atoms with van der Waals surface area (Å²) < 4.78 is 5.96. The molecule has 1 N–H and O–H groups in total. The van der Waals surface area contributed by atoms with Crippen molar-refractivity contribution in [3.05, 3.63) is 0 Å². The second-order valence-electron chi connectivity index (χ2n) is 3.99. The van der Waals surface area contributed by atoms with Gasteiger partial charge in [-0.25, -0.2) is 0 Å². The second kappa shape index (κ2) is 5.61. The van der Waals surface area contributed by atoms with Gasteiger partial charge in [0.1, 0.15) is 0 Å². The van der Waals surface area contributed by atoms with Gasteiger partial charge < -0.3 is 10.1 Å². The molecular weight excluding hydrogens is 162 g/mol. The fraction of sp³-hybridized carbons (Fsp3) is 1.00. The molecule has 0 aromatic heterocycles. The standard InChI is InChI=1S/C11H23NO/c1-4-9(3)13-11-8-6-7-10(11)12-5-2/h9-12H,4-8H2,1-3H3. The van der Waals surface area contributed by atoms with Gasteiger partial charge in [0.2, 0.25) is 0 Å². The Kier molecular flexibility index (Phi) is 4.74. The Hall–Kier alpha value is -0.0800. The molecule has 0 spiro atoms. The summed E-state index contributed by atoms with van der Waals surface area (Å²) in [6, 6.07) is 0.610. The van der Waals surface area contributed by atoms with Crippen molar-refractivity contribution >= 4 is 0 Å². The third kappa shape index (κ3) is 3.28. The van der Waals surface area contributed by atoms with E-state index in [1.165, 1.54) is 19.3 Å². The van der Waals surface area contributed by atoms with E-state index in [9.17, 15) is 0 Å². The topological polar surface area (TPSA) is 21.3 Å². The molecule has 78 valence electrons. The van der Waals surface area contributed by atoms with Crippen molar-refractivity contribution in [2.24, 2.45) is 0 Å². The lowest BCUT2D eigenvalue weighted by molar-refractivity contribution is -0.0129. The summed E-state index contributed by atoms with van der Waals surface area (Å²) in [7, 11) is 0. The minimum atomic E-state index is 0.421. The molecule has 0 radical (unpaired) electrons. The van der Waals surface area contributed by atoms with Gasteiger partial charge in [-0.1, -0.05) is 13.8 Å². The van der Waals surface area contributed by atoms with Crippen LogP contribution in [0.4, 0.5) is 0 Å². The first-order chi connectivity index (χ1) is 6.27. The number of hydrogen-bond donors (Lipinski definition) is 1. The highest BCUT2D eigenvalue weighted by atomic mass is 16.5. The fourth-order valence-electron chi connectivity index (χ4n) is 1.98. The maximum atomic E-state index is 5.96. The van der Waals surface area contributed by atoms with E-state index in [0.717, 1.165) is 13.0 Å². The van der Waals surface area contributed by atoms with E-state index in [2.05, 4.69) is 26.1 Å². The Bertz CT molecular complexity index is 138. The average Bonchev–Trinajstić information content (AvgIpc) is 2.54. The van der Waals surface area contributed by atoms with Gasteiger partial charge in [-0.05, 0) is 39.2 Å². The largest absolute Gasteiger partial charge is 0.374 e. The van der Waals surface area contributed by atoms with Gasteiger partial charge in [0.05, 0.1) is 12.2 Å². The number of hydrogen-bond acceptors (Lipinski definition) is 2. The van der Waals surface area contributed by atoms with Crippen LogP contribution >= 0.6 is 0 Å². The number of likely N-dealkylation sites (N-methyl/N-ethyl adjacent to an activating group) is 1. The highest BCUT2D eigenvalue weighted by molar-refractivity contribution is 4.84. The number of nitrogens with one attached hydrogen (secondary N) is 1. The zero-order valence-corrected chi connectivity index (χ0v) is 9.18. The monoisotopic (exact) mass is 185 g/mol. The van der Waals surface area contributed by atoms with E-state index in [-0.39, 0.29) is 0 Å². The maximum absolute atomic E-state index is 5.96. The third-order valence-electron chi connectivity index (χ3n) is 2.90. The summed E-state index contributed by atoms with van der Waals surface area (Å²) in [5.74, 6) is 0. The molecule has 1 saturated carbocycles. The van der Waals surface area contributed by atoms with E-state index in [0.29, 0.717) is 18.2 Å². The minimum absolute atomic E-state index is 0.421. The summed E-state index contributed by atoms with van der Waals surface area (Å²) in [4.78, 5) is 0. The second-order valence-corrected chi connectivity index (χ2v) is 3.99. The first kappa shape index (κ1) is 11.0. The van der Waals surface area contributed by atoms with Gasteiger partial charge in [-0.3, -0.25) is 0 Å². The molecule has 2 nitrogen and oxygen atoms in total. The molecule has 0 saturated heterocycles. The molecule has 0 heterocycles. The van der Waals surface area contributed by atoms with Crippen molar-refractivity contribution in [3.8, 4) is 0 Å². The van der Waals surface area contributed by atoms with Crippen molar-refractivity contribution in [2.75, 3.05) is 6.54 Å². The molecule has 3 unspecified atom stereocenters. The first-order valence-electron chi connectivity index (χ1n) is 5.66. The Morgan fingerprint density at radius 2 is 2.15 bits per heavy atom. The Morgan fingerprint density at radius 1 is 1.38 bits per heavy atom. The van der Waals surface area contributed by atoms with Gasteiger partial charge in [0, 0.05) is 6.04 Å². The molecule has 0 aliphatic heterocycles. The van der Waals surface area contributed by atoms with Crippen molar-refractivity contribution < 1.29 is 4.74 Å². The first-order valence-corrected chi connectivity index (χ1v) is 5.66. The van der Waals surface area contributed by atoms with Gasteiger partial charge >= 0.3 is 0 Å². The highest BCUT2D eigenvalue weighted by Gasteiger charge is 2.27. The molecular formula is C11H23NO. The van der Waals surface area contributed by atoms with Crippen LogP contribution in [0.2, 0.25) is 0 Å². The summed E-state index contributed by atoms with van der Waals surface area (Å²) in [5, 5.41) is 3.50. The van der Waals surface area contributed by atoms with Crippen LogP contribution in [0, 0.1) is 0 Å². The quantitative estimate of drug-likeness (QED) is 0.710. The molecule has 1 aliphatic carbocycles. The molecule has 1 fully saturated rings. The van der Waals surface area contributed by atoms with Crippen LogP contribution in [0.3, 0.4) is 0 Å². The molecule has 0 aromatic rings. The van der Waals surface area contributed by atoms with Crippen molar-refractivity contribution in [1.29, 1.82) is 0 Å². The Labute approximate surface area is 82.0 Å². The van der Waals surface area contributed by atoms with Crippen molar-refractivity contribution in [1.82, 2.24) is 5.32 Å². The molecule has 1 aliphatic rings. The van der Waals surface area contributed by atoms with E-state index in [1.54, 1.807) is 0 Å². The molecule has 2 heteroatoms. The Balaban J connectivity index is 2.30. The number of ether oxygens (including phenoxy) is 1. The SMILES string of the molecule is CCNC1CCCC1OC(C)CC. The summed E-state index contributed by atoms with van der Waals surface area (Å²) in [6.45, 7) is 7.58. The van der Waals surface area contributed by atoms with Crippen LogP contribution in [0.5, 0.6) is 0 Å². The van der Waals surface area contributed by atoms with Gasteiger partial charge in [-0.2, -0.15) is 0 Å². The van der Waals surface area contributed by atoms with Crippen molar-refractivity contribution in [2.45, 2.75) is 64.7 Å². The average molecular weight is 185 g/mol. The summed E-state index contributed by atoms with van der Waals surface area (Å²) >= 11 is 0. The van der Waals surface area contributed by atoms with Gasteiger partial charge in [0.15, 0.2) is 0 Å². The summed E-state index contributed by atoms with van der Waals surface area (Å²) in [5.41, 5.74) is 0. The maximum Gasteiger partial charge on any atom is 0.0731 e. The molecule has 13 heavy (non-hydrogen) atoms. The van der Waals surface area contributed by atoms with Crippen LogP contribution < -0.4 is 5.32 Å². The summed E-state index contributed by atoms with van der Waals surface area (Å²) in [6.07, 6.45) is 5.85. The van der Waals surface area contributed by atoms with Crippen LogP contribution in [-0.2, 0) is 4.74 Å². The van der Waals surface area contributed by atoms with Crippen LogP contribution in [-0.4, -0.2) is 24.8 Å².